The number of hydrogen-bond donors (Lipinski definition) is 1. The SMILES string of the molecule is Cc1nc(C(=O)N2CCC3(CC2)Oc2ccccc2-n2c(C(F)(F)F)ccc23)ccc1O. The van der Waals surface area contributed by atoms with Gasteiger partial charge in [-0.25, -0.2) is 4.98 Å². The number of hydrogen-bond acceptors (Lipinski definition) is 4. The molecule has 0 bridgehead atoms. The second kappa shape index (κ2) is 7.01. The highest BCUT2D eigenvalue weighted by Crippen LogP contribution is 2.48. The van der Waals surface area contributed by atoms with Gasteiger partial charge in [-0.2, -0.15) is 13.2 Å². The molecule has 1 N–H and O–H groups in total. The Morgan fingerprint density at radius 2 is 1.81 bits per heavy atom. The first-order valence-corrected chi connectivity index (χ1v) is 10.2. The Balaban J connectivity index is 1.47. The number of rotatable bonds is 1. The van der Waals surface area contributed by atoms with Crippen molar-refractivity contribution in [2.45, 2.75) is 31.5 Å². The van der Waals surface area contributed by atoms with Crippen LogP contribution in [0.4, 0.5) is 13.2 Å². The summed E-state index contributed by atoms with van der Waals surface area (Å²) in [6.45, 7) is 2.21. The fraction of sp³-hybridized carbons (Fsp3) is 0.304. The quantitative estimate of drug-likeness (QED) is 0.604. The summed E-state index contributed by atoms with van der Waals surface area (Å²) in [4.78, 5) is 18.7. The van der Waals surface area contributed by atoms with Crippen LogP contribution in [-0.2, 0) is 11.8 Å². The highest BCUT2D eigenvalue weighted by Gasteiger charge is 2.48. The van der Waals surface area contributed by atoms with Crippen molar-refractivity contribution in [3.05, 3.63) is 71.3 Å². The van der Waals surface area contributed by atoms with E-state index in [4.69, 9.17) is 4.74 Å². The first-order chi connectivity index (χ1) is 15.2. The van der Waals surface area contributed by atoms with Crippen molar-refractivity contribution < 1.29 is 27.8 Å². The molecule has 166 valence electrons. The summed E-state index contributed by atoms with van der Waals surface area (Å²) >= 11 is 0. The summed E-state index contributed by atoms with van der Waals surface area (Å²) in [5, 5.41) is 9.65. The summed E-state index contributed by atoms with van der Waals surface area (Å²) in [7, 11) is 0. The van der Waals surface area contributed by atoms with Gasteiger partial charge in [-0.3, -0.25) is 4.79 Å². The average Bonchev–Trinajstić information content (AvgIpc) is 3.23. The number of aryl methyl sites for hydroxylation is 1. The maximum Gasteiger partial charge on any atom is 0.431 e. The van der Waals surface area contributed by atoms with Crippen LogP contribution in [0.25, 0.3) is 5.69 Å². The maximum atomic E-state index is 13.7. The third-order valence-electron chi connectivity index (χ3n) is 6.18. The lowest BCUT2D eigenvalue weighted by Gasteiger charge is -2.45. The largest absolute Gasteiger partial charge is 0.506 e. The number of alkyl halides is 3. The third kappa shape index (κ3) is 3.11. The molecule has 0 unspecified atom stereocenters. The lowest BCUT2D eigenvalue weighted by Crippen LogP contribution is -2.50. The lowest BCUT2D eigenvalue weighted by atomic mass is 9.86. The third-order valence-corrected chi connectivity index (χ3v) is 6.18. The number of benzene rings is 1. The molecule has 1 spiro atoms. The molecule has 9 heteroatoms. The number of ether oxygens (including phenoxy) is 1. The van der Waals surface area contributed by atoms with Crippen molar-refractivity contribution in [3.63, 3.8) is 0 Å². The van der Waals surface area contributed by atoms with E-state index in [9.17, 15) is 23.1 Å². The molecule has 1 aromatic carbocycles. The number of nitrogens with zero attached hydrogens (tertiary/aromatic N) is 3. The molecule has 2 aromatic heterocycles. The predicted molar refractivity (Wildman–Crippen MR) is 109 cm³/mol. The highest BCUT2D eigenvalue weighted by molar-refractivity contribution is 5.92. The zero-order valence-corrected chi connectivity index (χ0v) is 17.2. The molecule has 0 radical (unpaired) electrons. The lowest BCUT2D eigenvalue weighted by molar-refractivity contribution is -0.143. The molecule has 1 fully saturated rings. The Morgan fingerprint density at radius 1 is 1.09 bits per heavy atom. The second-order valence-electron chi connectivity index (χ2n) is 8.09. The molecule has 1 saturated heterocycles. The molecule has 32 heavy (non-hydrogen) atoms. The van der Waals surface area contributed by atoms with E-state index in [-0.39, 0.29) is 17.4 Å². The summed E-state index contributed by atoms with van der Waals surface area (Å²) in [6.07, 6.45) is -3.83. The molecule has 0 atom stereocenters. The molecule has 2 aliphatic rings. The molecule has 5 rings (SSSR count). The van der Waals surface area contributed by atoms with Crippen LogP contribution >= 0.6 is 0 Å². The van der Waals surface area contributed by atoms with Crippen LogP contribution in [0.3, 0.4) is 0 Å². The summed E-state index contributed by atoms with van der Waals surface area (Å²) < 4.78 is 48.8. The van der Waals surface area contributed by atoms with Gasteiger partial charge in [0, 0.05) is 25.9 Å². The van der Waals surface area contributed by atoms with Gasteiger partial charge < -0.3 is 19.3 Å². The number of pyridine rings is 1. The van der Waals surface area contributed by atoms with Crippen LogP contribution in [0.5, 0.6) is 11.5 Å². The van der Waals surface area contributed by atoms with E-state index in [0.29, 0.717) is 48.8 Å². The number of aromatic hydroxyl groups is 1. The van der Waals surface area contributed by atoms with E-state index in [0.717, 1.165) is 6.07 Å². The van der Waals surface area contributed by atoms with Gasteiger partial charge in [0.25, 0.3) is 5.91 Å². The topological polar surface area (TPSA) is 67.6 Å². The zero-order valence-electron chi connectivity index (χ0n) is 17.2. The van der Waals surface area contributed by atoms with E-state index < -0.39 is 17.5 Å². The van der Waals surface area contributed by atoms with Gasteiger partial charge >= 0.3 is 6.18 Å². The van der Waals surface area contributed by atoms with Gasteiger partial charge in [-0.1, -0.05) is 12.1 Å². The Morgan fingerprint density at radius 3 is 2.50 bits per heavy atom. The van der Waals surface area contributed by atoms with Gasteiger partial charge in [0.15, 0.2) is 5.60 Å². The van der Waals surface area contributed by atoms with Crippen LogP contribution in [0.2, 0.25) is 0 Å². The van der Waals surface area contributed by atoms with Crippen molar-refractivity contribution in [1.82, 2.24) is 14.5 Å². The van der Waals surface area contributed by atoms with Crippen LogP contribution in [0.15, 0.2) is 48.5 Å². The number of amides is 1. The average molecular weight is 443 g/mol. The van der Waals surface area contributed by atoms with Gasteiger partial charge in [0.1, 0.15) is 22.9 Å². The first kappa shape index (κ1) is 20.4. The van der Waals surface area contributed by atoms with Crippen LogP contribution in [-0.4, -0.2) is 38.6 Å². The number of piperidine rings is 1. The zero-order chi connectivity index (χ0) is 22.7. The monoisotopic (exact) mass is 443 g/mol. The van der Waals surface area contributed by atoms with Crippen LogP contribution in [0, 0.1) is 6.92 Å². The number of para-hydroxylation sites is 2. The Bertz CT molecular complexity index is 1210. The molecule has 0 aliphatic carbocycles. The smallest absolute Gasteiger partial charge is 0.431 e. The molecule has 4 heterocycles. The fourth-order valence-electron chi connectivity index (χ4n) is 4.53. The standard InChI is InChI=1S/C23H20F3N3O3/c1-14-17(30)7-6-15(27-14)21(31)28-12-10-22(11-13-28)19-8-9-20(23(24,25)26)29(19)16-4-2-3-5-18(16)32-22/h2-9,30H,10-13H2,1H3. The van der Waals surface area contributed by atoms with Gasteiger partial charge in [0.2, 0.25) is 0 Å². The van der Waals surface area contributed by atoms with Crippen molar-refractivity contribution in [2.75, 3.05) is 13.1 Å². The molecular formula is C23H20F3N3O3. The molecule has 3 aromatic rings. The number of aromatic nitrogens is 2. The van der Waals surface area contributed by atoms with Gasteiger partial charge in [-0.15, -0.1) is 0 Å². The number of fused-ring (bicyclic) bond motifs is 4. The minimum atomic E-state index is -4.51. The fourth-order valence-corrected chi connectivity index (χ4v) is 4.53. The highest BCUT2D eigenvalue weighted by atomic mass is 19.4. The summed E-state index contributed by atoms with van der Waals surface area (Å²) in [6, 6.07) is 12.1. The molecule has 0 saturated carbocycles. The number of halogens is 3. The van der Waals surface area contributed by atoms with Crippen molar-refractivity contribution in [2.24, 2.45) is 0 Å². The maximum absolute atomic E-state index is 13.7. The summed E-state index contributed by atoms with van der Waals surface area (Å²) in [5.74, 6) is 0.109. The first-order valence-electron chi connectivity index (χ1n) is 10.2. The van der Waals surface area contributed by atoms with Crippen LogP contribution < -0.4 is 4.74 Å². The van der Waals surface area contributed by atoms with E-state index in [2.05, 4.69) is 4.98 Å². The minimum Gasteiger partial charge on any atom is -0.506 e. The number of carbonyl (C=O) groups is 1. The van der Waals surface area contributed by atoms with E-state index in [1.807, 2.05) is 0 Å². The van der Waals surface area contributed by atoms with E-state index in [1.54, 1.807) is 36.1 Å². The Labute approximate surface area is 181 Å². The second-order valence-corrected chi connectivity index (χ2v) is 8.09. The van der Waals surface area contributed by atoms with Crippen molar-refractivity contribution >= 4 is 5.91 Å². The number of likely N-dealkylation sites (tertiary alicyclic amines) is 1. The predicted octanol–water partition coefficient (Wildman–Crippen LogP) is 4.43. The van der Waals surface area contributed by atoms with Crippen molar-refractivity contribution in [1.29, 1.82) is 0 Å². The van der Waals surface area contributed by atoms with E-state index in [1.165, 1.54) is 22.8 Å². The van der Waals surface area contributed by atoms with Crippen molar-refractivity contribution in [3.8, 4) is 17.2 Å². The normalized spacial score (nSPS) is 16.9. The number of carbonyl (C=O) groups excluding carboxylic acids is 1. The molecule has 6 nitrogen and oxygen atoms in total. The molecule has 2 aliphatic heterocycles. The van der Waals surface area contributed by atoms with Gasteiger partial charge in [-0.05, 0) is 43.3 Å². The Kier molecular flexibility index (Phi) is 4.47. The molecule has 1 amide bonds. The minimum absolute atomic E-state index is 0.00893. The summed E-state index contributed by atoms with van der Waals surface area (Å²) in [5.41, 5.74) is -0.345. The van der Waals surface area contributed by atoms with Crippen LogP contribution in [0.1, 0.15) is 40.4 Å². The van der Waals surface area contributed by atoms with E-state index >= 15 is 0 Å². The van der Waals surface area contributed by atoms with Gasteiger partial charge in [0.05, 0.1) is 17.1 Å². The Hall–Kier alpha value is -3.49. The molecular weight excluding hydrogens is 423 g/mol.